The average molecular weight is 268 g/mol. The van der Waals surface area contributed by atoms with Crippen molar-refractivity contribution in [3.05, 3.63) is 40.6 Å². The second-order valence-electron chi connectivity index (χ2n) is 4.55. The summed E-state index contributed by atoms with van der Waals surface area (Å²) in [6.07, 6.45) is 2.48. The molecule has 18 heavy (non-hydrogen) atoms. The minimum Gasteiger partial charge on any atom is -0.464 e. The first-order valence-corrected chi connectivity index (χ1v) is 6.49. The number of furan rings is 1. The number of hydrogen-bond acceptors (Lipinski definition) is 3. The molecule has 0 saturated carbocycles. The Bertz CT molecular complexity index is 530. The van der Waals surface area contributed by atoms with Crippen LogP contribution in [-0.4, -0.2) is 9.78 Å². The van der Waals surface area contributed by atoms with E-state index in [1.807, 2.05) is 37.6 Å². The normalized spacial score (nSPS) is 13.2. The van der Waals surface area contributed by atoms with Gasteiger partial charge in [0.15, 0.2) is 0 Å². The van der Waals surface area contributed by atoms with Crippen LogP contribution in [0, 0.1) is 0 Å². The highest BCUT2D eigenvalue weighted by Gasteiger charge is 2.22. The summed E-state index contributed by atoms with van der Waals surface area (Å²) in [6.45, 7) is 6.12. The molecule has 0 aliphatic carbocycles. The Morgan fingerprint density at radius 2 is 2.17 bits per heavy atom. The Morgan fingerprint density at radius 1 is 1.44 bits per heavy atom. The summed E-state index contributed by atoms with van der Waals surface area (Å²) in [4.78, 5) is 0. The molecule has 2 aromatic rings. The highest BCUT2D eigenvalue weighted by Crippen LogP contribution is 2.29. The fourth-order valence-corrected chi connectivity index (χ4v) is 2.19. The molecule has 2 heterocycles. The molecule has 0 bridgehead atoms. The van der Waals surface area contributed by atoms with Crippen molar-refractivity contribution in [3.63, 3.8) is 0 Å². The third-order valence-corrected chi connectivity index (χ3v) is 3.20. The molecule has 0 aromatic carbocycles. The van der Waals surface area contributed by atoms with Crippen LogP contribution in [0.25, 0.3) is 0 Å². The van der Waals surface area contributed by atoms with Gasteiger partial charge in [0.2, 0.25) is 0 Å². The first-order chi connectivity index (χ1) is 8.54. The third-order valence-electron chi connectivity index (χ3n) is 2.91. The highest BCUT2D eigenvalue weighted by molar-refractivity contribution is 6.31. The fourth-order valence-electron chi connectivity index (χ4n) is 1.94. The highest BCUT2D eigenvalue weighted by atomic mass is 35.5. The molecule has 98 valence electrons. The molecule has 2 aromatic heterocycles. The predicted molar refractivity (Wildman–Crippen MR) is 71.7 cm³/mol. The Hall–Kier alpha value is -1.26. The van der Waals surface area contributed by atoms with Gasteiger partial charge in [0, 0.05) is 12.5 Å². The molecule has 1 atom stereocenters. The maximum Gasteiger partial charge on any atom is 0.127 e. The molecule has 0 aliphatic rings. The average Bonchev–Trinajstić information content (AvgIpc) is 2.94. The molecule has 0 spiro atoms. The zero-order valence-electron chi connectivity index (χ0n) is 10.9. The van der Waals surface area contributed by atoms with Crippen LogP contribution in [0.3, 0.4) is 0 Å². The predicted octanol–water partition coefficient (Wildman–Crippen LogP) is 3.32. The lowest BCUT2D eigenvalue weighted by Gasteiger charge is -2.15. The Balaban J connectivity index is 2.38. The van der Waals surface area contributed by atoms with E-state index < -0.39 is 0 Å². The number of aromatic nitrogens is 2. The second-order valence-corrected chi connectivity index (χ2v) is 4.96. The SMILES string of the molecule is CCc1ccc(C(N)c2c(Cl)cnn2C(C)C)o1. The number of nitrogens with zero attached hydrogens (tertiary/aromatic N) is 2. The summed E-state index contributed by atoms with van der Waals surface area (Å²) in [6, 6.07) is 3.67. The van der Waals surface area contributed by atoms with Gasteiger partial charge in [-0.25, -0.2) is 0 Å². The Morgan fingerprint density at radius 3 is 2.72 bits per heavy atom. The summed E-state index contributed by atoms with van der Waals surface area (Å²) < 4.78 is 7.52. The zero-order valence-corrected chi connectivity index (χ0v) is 11.6. The van der Waals surface area contributed by atoms with Gasteiger partial charge in [0.25, 0.3) is 0 Å². The molecule has 0 aliphatic heterocycles. The lowest BCUT2D eigenvalue weighted by Crippen LogP contribution is -2.18. The minimum absolute atomic E-state index is 0.208. The fraction of sp³-hybridized carbons (Fsp3) is 0.462. The van der Waals surface area contributed by atoms with Crippen LogP contribution in [0.4, 0.5) is 0 Å². The topological polar surface area (TPSA) is 57.0 Å². The molecular formula is C13H18ClN3O. The van der Waals surface area contributed by atoms with E-state index in [2.05, 4.69) is 5.10 Å². The summed E-state index contributed by atoms with van der Waals surface area (Å²) in [7, 11) is 0. The summed E-state index contributed by atoms with van der Waals surface area (Å²) >= 11 is 6.17. The summed E-state index contributed by atoms with van der Waals surface area (Å²) in [5, 5.41) is 4.83. The third kappa shape index (κ3) is 2.31. The van der Waals surface area contributed by atoms with Gasteiger partial charge in [-0.15, -0.1) is 0 Å². The number of halogens is 1. The quantitative estimate of drug-likeness (QED) is 0.924. The molecular weight excluding hydrogens is 250 g/mol. The zero-order chi connectivity index (χ0) is 13.3. The number of nitrogens with two attached hydrogens (primary N) is 1. The van der Waals surface area contributed by atoms with Gasteiger partial charge in [-0.1, -0.05) is 18.5 Å². The van der Waals surface area contributed by atoms with Crippen molar-refractivity contribution in [1.29, 1.82) is 0 Å². The smallest absolute Gasteiger partial charge is 0.127 e. The molecule has 0 amide bonds. The lowest BCUT2D eigenvalue weighted by molar-refractivity contribution is 0.431. The van der Waals surface area contributed by atoms with Gasteiger partial charge in [-0.3, -0.25) is 4.68 Å². The van der Waals surface area contributed by atoms with E-state index in [0.717, 1.165) is 23.6 Å². The molecule has 0 saturated heterocycles. The van der Waals surface area contributed by atoms with Crippen molar-refractivity contribution >= 4 is 11.6 Å². The molecule has 4 nitrogen and oxygen atoms in total. The minimum atomic E-state index is -0.386. The van der Waals surface area contributed by atoms with Crippen LogP contribution in [0.15, 0.2) is 22.7 Å². The van der Waals surface area contributed by atoms with Gasteiger partial charge in [-0.2, -0.15) is 5.10 Å². The summed E-state index contributed by atoms with van der Waals surface area (Å²) in [5.74, 6) is 1.64. The number of aryl methyl sites for hydroxylation is 1. The first kappa shape index (κ1) is 13.2. The number of rotatable bonds is 4. The van der Waals surface area contributed by atoms with Gasteiger partial charge in [0.05, 0.1) is 16.9 Å². The van der Waals surface area contributed by atoms with Gasteiger partial charge >= 0.3 is 0 Å². The lowest BCUT2D eigenvalue weighted by atomic mass is 10.1. The van der Waals surface area contributed by atoms with Gasteiger partial charge in [-0.05, 0) is 26.0 Å². The summed E-state index contributed by atoms with van der Waals surface area (Å²) in [5.41, 5.74) is 7.02. The molecule has 2 N–H and O–H groups in total. The standard InChI is InChI=1S/C13H18ClN3O/c1-4-9-5-6-11(18-9)12(15)13-10(14)7-16-17(13)8(2)3/h5-8,12H,4,15H2,1-3H3. The molecule has 2 rings (SSSR count). The van der Waals surface area contributed by atoms with E-state index in [9.17, 15) is 0 Å². The molecule has 0 fully saturated rings. The van der Waals surface area contributed by atoms with Crippen LogP contribution in [0.2, 0.25) is 5.02 Å². The van der Waals surface area contributed by atoms with Crippen molar-refractivity contribution in [3.8, 4) is 0 Å². The van der Waals surface area contributed by atoms with Crippen LogP contribution < -0.4 is 5.73 Å². The van der Waals surface area contributed by atoms with E-state index in [1.54, 1.807) is 6.20 Å². The van der Waals surface area contributed by atoms with E-state index in [4.69, 9.17) is 21.8 Å². The largest absolute Gasteiger partial charge is 0.464 e. The monoisotopic (exact) mass is 267 g/mol. The molecule has 1 unspecified atom stereocenters. The second kappa shape index (κ2) is 5.16. The molecule has 0 radical (unpaired) electrons. The Kier molecular flexibility index (Phi) is 3.78. The van der Waals surface area contributed by atoms with Crippen molar-refractivity contribution in [2.45, 2.75) is 39.3 Å². The van der Waals surface area contributed by atoms with E-state index >= 15 is 0 Å². The van der Waals surface area contributed by atoms with Gasteiger partial charge < -0.3 is 10.2 Å². The van der Waals surface area contributed by atoms with Crippen LogP contribution >= 0.6 is 11.6 Å². The van der Waals surface area contributed by atoms with Crippen LogP contribution in [0.5, 0.6) is 0 Å². The van der Waals surface area contributed by atoms with Crippen molar-refractivity contribution in [1.82, 2.24) is 9.78 Å². The van der Waals surface area contributed by atoms with Crippen molar-refractivity contribution in [2.24, 2.45) is 5.73 Å². The van der Waals surface area contributed by atoms with Crippen LogP contribution in [-0.2, 0) is 6.42 Å². The first-order valence-electron chi connectivity index (χ1n) is 6.11. The number of hydrogen-bond donors (Lipinski definition) is 1. The van der Waals surface area contributed by atoms with Gasteiger partial charge in [0.1, 0.15) is 17.6 Å². The van der Waals surface area contributed by atoms with Crippen molar-refractivity contribution in [2.75, 3.05) is 0 Å². The molecule has 5 heteroatoms. The maximum absolute atomic E-state index is 6.23. The van der Waals surface area contributed by atoms with E-state index in [1.165, 1.54) is 0 Å². The van der Waals surface area contributed by atoms with Crippen LogP contribution in [0.1, 0.15) is 50.1 Å². The van der Waals surface area contributed by atoms with Crippen molar-refractivity contribution < 1.29 is 4.42 Å². The Labute approximate surface area is 112 Å². The van der Waals surface area contributed by atoms with E-state index in [0.29, 0.717) is 5.02 Å². The maximum atomic E-state index is 6.23. The van der Waals surface area contributed by atoms with E-state index in [-0.39, 0.29) is 12.1 Å².